The van der Waals surface area contributed by atoms with Gasteiger partial charge in [-0.3, -0.25) is 14.4 Å². The molecule has 5 rings (SSSR count). The molecule has 160 valence electrons. The number of carbonyl (C=O) groups is 1. The smallest absolute Gasteiger partial charge is 0.251 e. The highest BCUT2D eigenvalue weighted by Gasteiger charge is 2.40. The van der Waals surface area contributed by atoms with Crippen molar-refractivity contribution in [2.75, 3.05) is 24.1 Å². The maximum absolute atomic E-state index is 12.8. The minimum Gasteiger partial charge on any atom is -0.455 e. The zero-order chi connectivity index (χ0) is 21.3. The predicted octanol–water partition coefficient (Wildman–Crippen LogP) is 3.06. The highest BCUT2D eigenvalue weighted by molar-refractivity contribution is 7.92. The van der Waals surface area contributed by atoms with E-state index in [9.17, 15) is 13.2 Å². The first-order valence-corrected chi connectivity index (χ1v) is 12.1. The van der Waals surface area contributed by atoms with Gasteiger partial charge in [-0.25, -0.2) is 8.42 Å². The van der Waals surface area contributed by atoms with Crippen molar-refractivity contribution in [3.63, 3.8) is 0 Å². The second-order valence-corrected chi connectivity index (χ2v) is 9.86. The lowest BCUT2D eigenvalue weighted by Crippen LogP contribution is -2.62. The lowest BCUT2D eigenvalue weighted by molar-refractivity contribution is 0.0217. The van der Waals surface area contributed by atoms with Gasteiger partial charge >= 0.3 is 0 Å². The van der Waals surface area contributed by atoms with Crippen molar-refractivity contribution in [1.29, 1.82) is 0 Å². The maximum Gasteiger partial charge on any atom is 0.251 e. The zero-order valence-electron chi connectivity index (χ0n) is 17.2. The summed E-state index contributed by atoms with van der Waals surface area (Å²) in [5, 5.41) is 3.22. The molecule has 2 aromatic rings. The number of benzene rings is 2. The summed E-state index contributed by atoms with van der Waals surface area (Å²) < 4.78 is 31.4. The van der Waals surface area contributed by atoms with Crippen molar-refractivity contribution < 1.29 is 17.9 Å². The van der Waals surface area contributed by atoms with Crippen LogP contribution in [-0.4, -0.2) is 50.7 Å². The van der Waals surface area contributed by atoms with E-state index < -0.39 is 10.0 Å². The van der Waals surface area contributed by atoms with Crippen LogP contribution in [0.1, 0.15) is 30.1 Å². The summed E-state index contributed by atoms with van der Waals surface area (Å²) in [7, 11) is -3.42. The largest absolute Gasteiger partial charge is 0.455 e. The third-order valence-corrected chi connectivity index (χ3v) is 6.59. The van der Waals surface area contributed by atoms with Crippen molar-refractivity contribution in [2.24, 2.45) is 5.92 Å². The molecule has 3 aliphatic rings. The predicted molar refractivity (Wildman–Crippen MR) is 116 cm³/mol. The standard InChI is InChI=1S/C22H27N3O4S/c1-15-21(16-11-13-25(15)14-12-16)23-22(26)17-7-9-18(10-8-17)29-20-6-4-3-5-19(20)24-30(2,27)28/h3-10,15-16,21,24H,11-14H2,1-2H3,(H,23,26). The van der Waals surface area contributed by atoms with Crippen LogP contribution in [0.25, 0.3) is 0 Å². The number of sulfonamides is 1. The van der Waals surface area contributed by atoms with Crippen LogP contribution in [0.4, 0.5) is 5.69 Å². The van der Waals surface area contributed by atoms with Gasteiger partial charge in [0.15, 0.2) is 5.75 Å². The molecule has 0 spiro atoms. The minimum atomic E-state index is -3.42. The summed E-state index contributed by atoms with van der Waals surface area (Å²) in [4.78, 5) is 15.2. The highest BCUT2D eigenvalue weighted by atomic mass is 32.2. The summed E-state index contributed by atoms with van der Waals surface area (Å²) in [5.41, 5.74) is 0.937. The van der Waals surface area contributed by atoms with Gasteiger partial charge in [-0.2, -0.15) is 0 Å². The van der Waals surface area contributed by atoms with Gasteiger partial charge in [-0.1, -0.05) is 12.1 Å². The van der Waals surface area contributed by atoms with E-state index in [1.807, 2.05) is 0 Å². The third kappa shape index (κ3) is 4.60. The molecule has 3 aliphatic heterocycles. The first-order valence-electron chi connectivity index (χ1n) is 10.2. The van der Waals surface area contributed by atoms with E-state index in [1.165, 1.54) is 0 Å². The van der Waals surface area contributed by atoms with Crippen LogP contribution < -0.4 is 14.8 Å². The Morgan fingerprint density at radius 3 is 2.37 bits per heavy atom. The topological polar surface area (TPSA) is 87.7 Å². The number of carbonyl (C=O) groups excluding carboxylic acids is 1. The fourth-order valence-corrected chi connectivity index (χ4v) is 4.99. The Morgan fingerprint density at radius 1 is 1.07 bits per heavy atom. The number of rotatable bonds is 6. The van der Waals surface area contributed by atoms with Gasteiger partial charge < -0.3 is 10.1 Å². The van der Waals surface area contributed by atoms with Gasteiger partial charge in [-0.05, 0) is 75.2 Å². The summed E-state index contributed by atoms with van der Waals surface area (Å²) in [5.74, 6) is 1.38. The van der Waals surface area contributed by atoms with E-state index in [1.54, 1.807) is 48.5 Å². The van der Waals surface area contributed by atoms with Crippen molar-refractivity contribution in [3.8, 4) is 11.5 Å². The quantitative estimate of drug-likeness (QED) is 0.737. The van der Waals surface area contributed by atoms with Gasteiger partial charge in [-0.15, -0.1) is 0 Å². The molecule has 0 aromatic heterocycles. The van der Waals surface area contributed by atoms with E-state index in [-0.39, 0.29) is 11.9 Å². The number of hydrogen-bond donors (Lipinski definition) is 2. The van der Waals surface area contributed by atoms with E-state index >= 15 is 0 Å². The van der Waals surface area contributed by atoms with Crippen LogP contribution >= 0.6 is 0 Å². The number of amides is 1. The lowest BCUT2D eigenvalue weighted by Gasteiger charge is -2.49. The number of para-hydroxylation sites is 2. The molecule has 0 aliphatic carbocycles. The van der Waals surface area contributed by atoms with Crippen molar-refractivity contribution >= 4 is 21.6 Å². The van der Waals surface area contributed by atoms with Crippen LogP contribution in [0.5, 0.6) is 11.5 Å². The van der Waals surface area contributed by atoms with E-state index in [4.69, 9.17) is 4.74 Å². The molecule has 30 heavy (non-hydrogen) atoms. The fraction of sp³-hybridized carbons (Fsp3) is 0.409. The molecule has 8 heteroatoms. The third-order valence-electron chi connectivity index (χ3n) is 6.00. The van der Waals surface area contributed by atoms with Gasteiger partial charge in [0.2, 0.25) is 10.0 Å². The summed E-state index contributed by atoms with van der Waals surface area (Å²) in [6.07, 6.45) is 3.37. The van der Waals surface area contributed by atoms with Crippen LogP contribution in [0.3, 0.4) is 0 Å². The molecule has 2 bridgehead atoms. The number of ether oxygens (including phenoxy) is 1. The molecule has 2 unspecified atom stereocenters. The van der Waals surface area contributed by atoms with Crippen LogP contribution in [0.15, 0.2) is 48.5 Å². The number of nitrogens with one attached hydrogen (secondary N) is 2. The van der Waals surface area contributed by atoms with E-state index in [2.05, 4.69) is 21.9 Å². The Bertz CT molecular complexity index is 1010. The average Bonchev–Trinajstić information content (AvgIpc) is 2.72. The van der Waals surface area contributed by atoms with E-state index in [0.29, 0.717) is 34.7 Å². The number of nitrogens with zero attached hydrogens (tertiary/aromatic N) is 1. The molecular formula is C22H27N3O4S. The Kier molecular flexibility index (Phi) is 5.71. The Labute approximate surface area is 177 Å². The SMILES string of the molecule is CC1C(NC(=O)c2ccc(Oc3ccccc3NS(C)(=O)=O)cc2)C2CCN1CC2. The first kappa shape index (κ1) is 20.7. The number of hydrogen-bond acceptors (Lipinski definition) is 5. The first-order chi connectivity index (χ1) is 14.3. The van der Waals surface area contributed by atoms with Crippen LogP contribution in [0, 0.1) is 5.92 Å². The maximum atomic E-state index is 12.8. The van der Waals surface area contributed by atoms with Crippen molar-refractivity contribution in [2.45, 2.75) is 31.8 Å². The van der Waals surface area contributed by atoms with Crippen LogP contribution in [-0.2, 0) is 10.0 Å². The number of anilines is 1. The molecular weight excluding hydrogens is 402 g/mol. The summed E-state index contributed by atoms with van der Waals surface area (Å²) in [6.45, 7) is 4.44. The summed E-state index contributed by atoms with van der Waals surface area (Å²) in [6, 6.07) is 14.2. The molecule has 2 N–H and O–H groups in total. The van der Waals surface area contributed by atoms with Crippen molar-refractivity contribution in [1.82, 2.24) is 10.2 Å². The van der Waals surface area contributed by atoms with Crippen molar-refractivity contribution in [3.05, 3.63) is 54.1 Å². The van der Waals surface area contributed by atoms with E-state index in [0.717, 1.165) is 32.2 Å². The van der Waals surface area contributed by atoms with Gasteiger partial charge in [0, 0.05) is 17.6 Å². The zero-order valence-corrected chi connectivity index (χ0v) is 18.0. The average molecular weight is 430 g/mol. The van der Waals surface area contributed by atoms with Gasteiger partial charge in [0.1, 0.15) is 5.75 Å². The molecule has 7 nitrogen and oxygen atoms in total. The van der Waals surface area contributed by atoms with Gasteiger partial charge in [0.05, 0.1) is 11.9 Å². The molecule has 2 atom stereocenters. The van der Waals surface area contributed by atoms with Gasteiger partial charge in [0.25, 0.3) is 5.91 Å². The summed E-state index contributed by atoms with van der Waals surface area (Å²) >= 11 is 0. The minimum absolute atomic E-state index is 0.0775. The Hall–Kier alpha value is -2.58. The van der Waals surface area contributed by atoms with Crippen LogP contribution in [0.2, 0.25) is 0 Å². The Balaban J connectivity index is 1.43. The fourth-order valence-electron chi connectivity index (χ4n) is 4.42. The molecule has 3 fully saturated rings. The molecule has 3 saturated heterocycles. The molecule has 0 saturated carbocycles. The number of fused-ring (bicyclic) bond motifs is 3. The second-order valence-electron chi connectivity index (χ2n) is 8.11. The molecule has 1 amide bonds. The second kappa shape index (κ2) is 8.28. The monoisotopic (exact) mass is 429 g/mol. The molecule has 2 aromatic carbocycles. The number of piperidine rings is 3. The highest BCUT2D eigenvalue weighted by Crippen LogP contribution is 2.33. The molecule has 3 heterocycles. The normalized spacial score (nSPS) is 25.5. The lowest BCUT2D eigenvalue weighted by atomic mass is 9.79. The molecule has 0 radical (unpaired) electrons. The Morgan fingerprint density at radius 2 is 1.73 bits per heavy atom.